The highest BCUT2D eigenvalue weighted by molar-refractivity contribution is 5.16. The van der Waals surface area contributed by atoms with Crippen LogP contribution in [0.1, 0.15) is 64.2 Å². The Bertz CT molecular complexity index is 140. The zero-order chi connectivity index (χ0) is 8.23. The van der Waals surface area contributed by atoms with Gasteiger partial charge in [0, 0.05) is 0 Å². The Labute approximate surface area is 76.1 Å². The topological polar surface area (TPSA) is 0 Å². The van der Waals surface area contributed by atoms with Crippen molar-refractivity contribution in [1.82, 2.24) is 0 Å². The van der Waals surface area contributed by atoms with Crippen molar-refractivity contribution < 1.29 is 0 Å². The molecule has 0 fully saturated rings. The smallest absolute Gasteiger partial charge is 0.0318 e. The summed E-state index contributed by atoms with van der Waals surface area (Å²) in [5.74, 6) is 0. The molecule has 0 heterocycles. The van der Waals surface area contributed by atoms with Gasteiger partial charge in [0.25, 0.3) is 0 Å². The minimum atomic E-state index is 1.44. The van der Waals surface area contributed by atoms with Gasteiger partial charge in [-0.25, -0.2) is 0 Å². The van der Waals surface area contributed by atoms with Gasteiger partial charge in [-0.2, -0.15) is 0 Å². The van der Waals surface area contributed by atoms with E-state index in [0.29, 0.717) is 0 Å². The van der Waals surface area contributed by atoms with Crippen LogP contribution in [0.5, 0.6) is 0 Å². The molecule has 0 bridgehead atoms. The molecule has 0 atom stereocenters. The second-order valence-electron chi connectivity index (χ2n) is 4.33. The zero-order valence-electron chi connectivity index (χ0n) is 8.07. The van der Waals surface area contributed by atoms with E-state index in [-0.39, 0.29) is 0 Å². The fourth-order valence-corrected chi connectivity index (χ4v) is 2.66. The van der Waals surface area contributed by atoms with Gasteiger partial charge < -0.3 is 0 Å². The van der Waals surface area contributed by atoms with Gasteiger partial charge in [-0.05, 0) is 51.4 Å². The summed E-state index contributed by atoms with van der Waals surface area (Å²) in [6, 6.07) is 0. The van der Waals surface area contributed by atoms with Crippen molar-refractivity contribution in [3.8, 4) is 0 Å². The number of hydrogen-bond acceptors (Lipinski definition) is 0. The summed E-state index contributed by atoms with van der Waals surface area (Å²) >= 11 is 0. The highest BCUT2D eigenvalue weighted by Crippen LogP contribution is 2.33. The lowest BCUT2D eigenvalue weighted by molar-refractivity contribution is 0.651. The maximum absolute atomic E-state index is 1.87. The van der Waals surface area contributed by atoms with E-state index in [1.807, 2.05) is 11.1 Å². The molecule has 0 radical (unpaired) electrons. The molecule has 0 aromatic carbocycles. The van der Waals surface area contributed by atoms with E-state index in [9.17, 15) is 0 Å². The summed E-state index contributed by atoms with van der Waals surface area (Å²) in [6.07, 6.45) is 14.6. The first-order valence-electron chi connectivity index (χ1n) is 5.66. The third kappa shape index (κ3) is 1.91. The normalized spacial score (nSPS) is 26.0. The van der Waals surface area contributed by atoms with Crippen LogP contribution in [0.25, 0.3) is 0 Å². The van der Waals surface area contributed by atoms with Crippen LogP contribution in [-0.4, -0.2) is 0 Å². The minimum Gasteiger partial charge on any atom is -0.0710 e. The Morgan fingerprint density at radius 1 is 0.417 bits per heavy atom. The van der Waals surface area contributed by atoms with Crippen molar-refractivity contribution in [3.05, 3.63) is 11.1 Å². The van der Waals surface area contributed by atoms with Crippen LogP contribution < -0.4 is 0 Å². The van der Waals surface area contributed by atoms with Crippen LogP contribution >= 0.6 is 0 Å². The van der Waals surface area contributed by atoms with Crippen molar-refractivity contribution in [2.24, 2.45) is 0 Å². The van der Waals surface area contributed by atoms with Gasteiger partial charge in [0.15, 0.2) is 0 Å². The molecule has 0 spiro atoms. The Morgan fingerprint density at radius 3 is 1.08 bits per heavy atom. The highest BCUT2D eigenvalue weighted by Gasteiger charge is 2.13. The quantitative estimate of drug-likeness (QED) is 0.470. The Kier molecular flexibility index (Phi) is 2.86. The van der Waals surface area contributed by atoms with Crippen molar-refractivity contribution in [2.45, 2.75) is 64.2 Å². The molecule has 2 aliphatic rings. The Morgan fingerprint density at radius 2 is 0.750 bits per heavy atom. The van der Waals surface area contributed by atoms with Crippen LogP contribution in [0.2, 0.25) is 0 Å². The van der Waals surface area contributed by atoms with Gasteiger partial charge in [0.2, 0.25) is 0 Å². The first-order valence-corrected chi connectivity index (χ1v) is 5.66. The molecule has 0 heteroatoms. The average molecular weight is 164 g/mol. The van der Waals surface area contributed by atoms with Crippen LogP contribution in [0.4, 0.5) is 0 Å². The molecular weight excluding hydrogens is 144 g/mol. The van der Waals surface area contributed by atoms with E-state index in [1.165, 1.54) is 64.2 Å². The molecule has 12 heavy (non-hydrogen) atoms. The maximum atomic E-state index is 1.87. The van der Waals surface area contributed by atoms with E-state index >= 15 is 0 Å². The summed E-state index contributed by atoms with van der Waals surface area (Å²) in [6.45, 7) is 0. The van der Waals surface area contributed by atoms with E-state index in [1.54, 1.807) is 0 Å². The number of allylic oxidation sites excluding steroid dienone is 2. The van der Waals surface area contributed by atoms with Crippen molar-refractivity contribution >= 4 is 0 Å². The SMILES string of the molecule is C1CCC2=C(CC1)CCCCC2. The second-order valence-corrected chi connectivity index (χ2v) is 4.33. The van der Waals surface area contributed by atoms with Gasteiger partial charge >= 0.3 is 0 Å². The van der Waals surface area contributed by atoms with Crippen molar-refractivity contribution in [1.29, 1.82) is 0 Å². The first kappa shape index (κ1) is 8.34. The fraction of sp³-hybridized carbons (Fsp3) is 0.833. The standard InChI is InChI=1S/C12H20/c1-3-7-11-9-5-2-6-10-12(11)8-4-1/h1-10H2. The summed E-state index contributed by atoms with van der Waals surface area (Å²) in [5, 5.41) is 0. The lowest BCUT2D eigenvalue weighted by Crippen LogP contribution is -1.87. The summed E-state index contributed by atoms with van der Waals surface area (Å²) < 4.78 is 0. The van der Waals surface area contributed by atoms with Crippen LogP contribution in [0.15, 0.2) is 11.1 Å². The Balaban J connectivity index is 2.08. The average Bonchev–Trinajstić information content (AvgIpc) is 2.38. The van der Waals surface area contributed by atoms with E-state index in [2.05, 4.69) is 0 Å². The van der Waals surface area contributed by atoms with E-state index < -0.39 is 0 Å². The van der Waals surface area contributed by atoms with Gasteiger partial charge in [-0.1, -0.05) is 24.0 Å². The van der Waals surface area contributed by atoms with Crippen LogP contribution in [0.3, 0.4) is 0 Å². The molecule has 2 rings (SSSR count). The molecule has 0 aliphatic heterocycles. The van der Waals surface area contributed by atoms with E-state index in [4.69, 9.17) is 0 Å². The molecule has 0 aromatic rings. The van der Waals surface area contributed by atoms with Gasteiger partial charge in [-0.15, -0.1) is 0 Å². The Hall–Kier alpha value is -0.260. The number of hydrogen-bond donors (Lipinski definition) is 0. The predicted molar refractivity (Wildman–Crippen MR) is 53.2 cm³/mol. The zero-order valence-corrected chi connectivity index (χ0v) is 8.07. The molecule has 2 aliphatic carbocycles. The van der Waals surface area contributed by atoms with Gasteiger partial charge in [0.05, 0.1) is 0 Å². The fourth-order valence-electron chi connectivity index (χ4n) is 2.66. The second kappa shape index (κ2) is 4.11. The first-order chi connectivity index (χ1) is 5.97. The highest BCUT2D eigenvalue weighted by atomic mass is 14.2. The predicted octanol–water partition coefficient (Wildman–Crippen LogP) is 4.21. The summed E-state index contributed by atoms with van der Waals surface area (Å²) in [4.78, 5) is 0. The molecule has 0 nitrogen and oxygen atoms in total. The molecular formula is C12H20. The molecule has 0 saturated carbocycles. The van der Waals surface area contributed by atoms with Gasteiger partial charge in [-0.3, -0.25) is 0 Å². The lowest BCUT2D eigenvalue weighted by atomic mass is 9.99. The van der Waals surface area contributed by atoms with Crippen LogP contribution in [0, 0.1) is 0 Å². The number of rotatable bonds is 0. The largest absolute Gasteiger partial charge is 0.0710 e. The van der Waals surface area contributed by atoms with Gasteiger partial charge in [0.1, 0.15) is 0 Å². The summed E-state index contributed by atoms with van der Waals surface area (Å²) in [5.41, 5.74) is 3.73. The molecule has 0 N–H and O–H groups in total. The molecule has 0 amide bonds. The lowest BCUT2D eigenvalue weighted by Gasteiger charge is -2.07. The van der Waals surface area contributed by atoms with Crippen molar-refractivity contribution in [2.75, 3.05) is 0 Å². The minimum absolute atomic E-state index is 1.44. The molecule has 0 aromatic heterocycles. The van der Waals surface area contributed by atoms with Crippen molar-refractivity contribution in [3.63, 3.8) is 0 Å². The molecule has 0 saturated heterocycles. The molecule has 68 valence electrons. The molecule has 0 unspecified atom stereocenters. The summed E-state index contributed by atoms with van der Waals surface area (Å²) in [7, 11) is 0. The maximum Gasteiger partial charge on any atom is -0.0318 e. The third-order valence-electron chi connectivity index (χ3n) is 3.41. The van der Waals surface area contributed by atoms with Crippen LogP contribution in [-0.2, 0) is 0 Å². The monoisotopic (exact) mass is 164 g/mol. The third-order valence-corrected chi connectivity index (χ3v) is 3.41. The van der Waals surface area contributed by atoms with E-state index in [0.717, 1.165) is 0 Å².